The normalized spacial score (nSPS) is 10.2. The third kappa shape index (κ3) is 2.75. The minimum Gasteiger partial charge on any atom is -0.352 e. The lowest BCUT2D eigenvalue weighted by molar-refractivity contribution is 0.797. The molecular formula is C14H17N3. The van der Waals surface area contributed by atoms with Crippen molar-refractivity contribution in [2.24, 2.45) is 0 Å². The van der Waals surface area contributed by atoms with Gasteiger partial charge >= 0.3 is 0 Å². The lowest BCUT2D eigenvalue weighted by Crippen LogP contribution is -2.08. The summed E-state index contributed by atoms with van der Waals surface area (Å²) in [6.07, 6.45) is 5.62. The van der Waals surface area contributed by atoms with E-state index in [9.17, 15) is 0 Å². The molecule has 0 radical (unpaired) electrons. The minimum atomic E-state index is 0.727. The first kappa shape index (κ1) is 11.5. The van der Waals surface area contributed by atoms with Crippen molar-refractivity contribution >= 4 is 5.95 Å². The van der Waals surface area contributed by atoms with Crippen molar-refractivity contribution < 1.29 is 0 Å². The van der Waals surface area contributed by atoms with Crippen LogP contribution in [-0.4, -0.2) is 16.1 Å². The van der Waals surface area contributed by atoms with Crippen LogP contribution in [0, 0.1) is 6.92 Å². The van der Waals surface area contributed by atoms with Gasteiger partial charge in [0.25, 0.3) is 0 Å². The number of aromatic nitrogens is 2. The van der Waals surface area contributed by atoms with Gasteiger partial charge in [-0.1, -0.05) is 30.3 Å². The highest BCUT2D eigenvalue weighted by Crippen LogP contribution is 2.12. The highest BCUT2D eigenvalue weighted by atomic mass is 15.2. The molecule has 3 nitrogen and oxygen atoms in total. The zero-order chi connectivity index (χ0) is 12.1. The van der Waals surface area contributed by atoms with Crippen LogP contribution < -0.4 is 5.32 Å². The molecule has 1 N–H and O–H groups in total. The van der Waals surface area contributed by atoms with Crippen molar-refractivity contribution in [1.29, 1.82) is 0 Å². The molecule has 1 aromatic carbocycles. The summed E-state index contributed by atoms with van der Waals surface area (Å²) < 4.78 is 2.10. The molecule has 17 heavy (non-hydrogen) atoms. The number of hydrogen-bond donors (Lipinski definition) is 1. The molecule has 2 aromatic rings. The maximum Gasteiger partial charge on any atom is 0.203 e. The Morgan fingerprint density at radius 2 is 2.24 bits per heavy atom. The molecule has 0 amide bonds. The van der Waals surface area contributed by atoms with E-state index < -0.39 is 0 Å². The van der Waals surface area contributed by atoms with Crippen molar-refractivity contribution in [2.45, 2.75) is 13.5 Å². The Morgan fingerprint density at radius 1 is 1.41 bits per heavy atom. The average Bonchev–Trinajstić information content (AvgIpc) is 2.77. The number of nitrogens with one attached hydrogen (secondary N) is 1. The zero-order valence-electron chi connectivity index (χ0n) is 10.1. The van der Waals surface area contributed by atoms with Gasteiger partial charge in [0.05, 0.1) is 6.54 Å². The van der Waals surface area contributed by atoms with Crippen LogP contribution in [0.3, 0.4) is 0 Å². The Hall–Kier alpha value is -2.03. The van der Waals surface area contributed by atoms with E-state index in [1.165, 1.54) is 11.1 Å². The fraction of sp³-hybridized carbons (Fsp3) is 0.214. The first-order chi connectivity index (χ1) is 8.31. The maximum atomic E-state index is 4.28. The van der Waals surface area contributed by atoms with Gasteiger partial charge in [0.15, 0.2) is 0 Å². The Bertz CT molecular complexity index is 500. The summed E-state index contributed by atoms with van der Waals surface area (Å²) in [5, 5.41) is 3.22. The molecule has 0 saturated carbocycles. The third-order valence-corrected chi connectivity index (χ3v) is 2.72. The molecule has 0 saturated heterocycles. The number of imidazole rings is 1. The molecule has 0 aliphatic heterocycles. The molecular weight excluding hydrogens is 210 g/mol. The average molecular weight is 227 g/mol. The Balaban J connectivity index is 2.16. The molecule has 0 fully saturated rings. The zero-order valence-corrected chi connectivity index (χ0v) is 10.1. The lowest BCUT2D eigenvalue weighted by Gasteiger charge is -2.10. The Kier molecular flexibility index (Phi) is 3.60. The van der Waals surface area contributed by atoms with E-state index in [0.717, 1.165) is 19.0 Å². The monoisotopic (exact) mass is 227 g/mol. The summed E-state index contributed by atoms with van der Waals surface area (Å²) >= 11 is 0. The Labute approximate surface area is 102 Å². The predicted molar refractivity (Wildman–Crippen MR) is 71.2 cm³/mol. The SMILES string of the molecule is C=CCNc1nccn1Cc1ccccc1C. The predicted octanol–water partition coefficient (Wildman–Crippen LogP) is 2.84. The summed E-state index contributed by atoms with van der Waals surface area (Å²) in [5.41, 5.74) is 2.61. The fourth-order valence-corrected chi connectivity index (χ4v) is 1.74. The van der Waals surface area contributed by atoms with Gasteiger partial charge in [0.1, 0.15) is 0 Å². The second-order valence-corrected chi connectivity index (χ2v) is 3.97. The van der Waals surface area contributed by atoms with E-state index >= 15 is 0 Å². The first-order valence-corrected chi connectivity index (χ1v) is 5.71. The van der Waals surface area contributed by atoms with Crippen LogP contribution in [0.25, 0.3) is 0 Å². The fourth-order valence-electron chi connectivity index (χ4n) is 1.74. The number of hydrogen-bond acceptors (Lipinski definition) is 2. The summed E-state index contributed by atoms with van der Waals surface area (Å²) in [5.74, 6) is 0.883. The molecule has 0 spiro atoms. The number of benzene rings is 1. The smallest absolute Gasteiger partial charge is 0.203 e. The third-order valence-electron chi connectivity index (χ3n) is 2.72. The quantitative estimate of drug-likeness (QED) is 0.796. The van der Waals surface area contributed by atoms with Crippen molar-refractivity contribution in [2.75, 3.05) is 11.9 Å². The first-order valence-electron chi connectivity index (χ1n) is 5.71. The van der Waals surface area contributed by atoms with Gasteiger partial charge in [0.2, 0.25) is 5.95 Å². The van der Waals surface area contributed by atoms with E-state index in [1.807, 2.05) is 18.5 Å². The second kappa shape index (κ2) is 5.34. The highest BCUT2D eigenvalue weighted by molar-refractivity contribution is 5.31. The molecule has 1 heterocycles. The van der Waals surface area contributed by atoms with Gasteiger partial charge in [-0.15, -0.1) is 6.58 Å². The van der Waals surface area contributed by atoms with Gasteiger partial charge in [-0.2, -0.15) is 0 Å². The standard InChI is InChI=1S/C14H17N3/c1-3-8-15-14-16-9-10-17(14)11-13-7-5-4-6-12(13)2/h3-7,9-10H,1,8,11H2,2H3,(H,15,16). The lowest BCUT2D eigenvalue weighted by atomic mass is 10.1. The molecule has 0 unspecified atom stereocenters. The van der Waals surface area contributed by atoms with E-state index in [1.54, 1.807) is 0 Å². The van der Waals surface area contributed by atoms with E-state index in [2.05, 4.69) is 52.6 Å². The van der Waals surface area contributed by atoms with E-state index in [-0.39, 0.29) is 0 Å². The van der Waals surface area contributed by atoms with E-state index in [0.29, 0.717) is 0 Å². The van der Waals surface area contributed by atoms with Gasteiger partial charge in [-0.25, -0.2) is 4.98 Å². The molecule has 0 aliphatic rings. The van der Waals surface area contributed by atoms with Crippen molar-refractivity contribution in [3.63, 3.8) is 0 Å². The van der Waals surface area contributed by atoms with Crippen LogP contribution in [0.15, 0.2) is 49.3 Å². The van der Waals surface area contributed by atoms with Crippen molar-refractivity contribution in [1.82, 2.24) is 9.55 Å². The summed E-state index contributed by atoms with van der Waals surface area (Å²) in [6.45, 7) is 7.38. The molecule has 0 atom stereocenters. The van der Waals surface area contributed by atoms with Gasteiger partial charge in [-0.05, 0) is 18.1 Å². The van der Waals surface area contributed by atoms with Crippen LogP contribution in [0.2, 0.25) is 0 Å². The largest absolute Gasteiger partial charge is 0.352 e. The number of aryl methyl sites for hydroxylation is 1. The van der Waals surface area contributed by atoms with Crippen LogP contribution in [0.5, 0.6) is 0 Å². The highest BCUT2D eigenvalue weighted by Gasteiger charge is 2.03. The molecule has 0 aliphatic carbocycles. The second-order valence-electron chi connectivity index (χ2n) is 3.97. The number of nitrogens with zero attached hydrogens (tertiary/aromatic N) is 2. The molecule has 2 rings (SSSR count). The van der Waals surface area contributed by atoms with Crippen LogP contribution in [-0.2, 0) is 6.54 Å². The minimum absolute atomic E-state index is 0.727. The van der Waals surface area contributed by atoms with Gasteiger partial charge in [0, 0.05) is 18.9 Å². The number of rotatable bonds is 5. The van der Waals surface area contributed by atoms with Crippen LogP contribution in [0.1, 0.15) is 11.1 Å². The number of anilines is 1. The van der Waals surface area contributed by atoms with Crippen LogP contribution >= 0.6 is 0 Å². The Morgan fingerprint density at radius 3 is 3.00 bits per heavy atom. The maximum absolute atomic E-state index is 4.28. The van der Waals surface area contributed by atoms with Gasteiger partial charge < -0.3 is 9.88 Å². The summed E-state index contributed by atoms with van der Waals surface area (Å²) in [7, 11) is 0. The van der Waals surface area contributed by atoms with Crippen LogP contribution in [0.4, 0.5) is 5.95 Å². The molecule has 88 valence electrons. The van der Waals surface area contributed by atoms with Crippen molar-refractivity contribution in [3.8, 4) is 0 Å². The van der Waals surface area contributed by atoms with Gasteiger partial charge in [-0.3, -0.25) is 0 Å². The summed E-state index contributed by atoms with van der Waals surface area (Å²) in [6, 6.07) is 8.40. The summed E-state index contributed by atoms with van der Waals surface area (Å²) in [4.78, 5) is 4.28. The molecule has 3 heteroatoms. The molecule has 1 aromatic heterocycles. The van der Waals surface area contributed by atoms with E-state index in [4.69, 9.17) is 0 Å². The van der Waals surface area contributed by atoms with Crippen molar-refractivity contribution in [3.05, 3.63) is 60.4 Å². The topological polar surface area (TPSA) is 29.9 Å². The molecule has 0 bridgehead atoms.